The van der Waals surface area contributed by atoms with Crippen LogP contribution in [0, 0.1) is 11.8 Å². The highest BCUT2D eigenvalue weighted by molar-refractivity contribution is 9.11. The molecular formula is C15H26BrNS. The third-order valence-corrected chi connectivity index (χ3v) is 4.66. The van der Waals surface area contributed by atoms with Crippen LogP contribution in [0.4, 0.5) is 0 Å². The first-order valence-corrected chi connectivity index (χ1v) is 8.55. The zero-order valence-corrected chi connectivity index (χ0v) is 14.5. The summed E-state index contributed by atoms with van der Waals surface area (Å²) in [6.07, 6.45) is 2.59. The van der Waals surface area contributed by atoms with Crippen LogP contribution < -0.4 is 0 Å². The van der Waals surface area contributed by atoms with Gasteiger partial charge in [-0.3, -0.25) is 4.90 Å². The van der Waals surface area contributed by atoms with Gasteiger partial charge in [0.15, 0.2) is 0 Å². The molecule has 3 heteroatoms. The van der Waals surface area contributed by atoms with E-state index in [4.69, 9.17) is 0 Å². The molecule has 0 radical (unpaired) electrons. The topological polar surface area (TPSA) is 3.24 Å². The molecule has 1 nitrogen and oxygen atoms in total. The molecule has 1 aromatic heterocycles. The zero-order chi connectivity index (χ0) is 13.5. The normalized spacial score (nSPS) is 12.0. The van der Waals surface area contributed by atoms with Gasteiger partial charge in [-0.2, -0.15) is 0 Å². The van der Waals surface area contributed by atoms with Gasteiger partial charge in [0, 0.05) is 11.4 Å². The highest BCUT2D eigenvalue weighted by atomic mass is 79.9. The number of nitrogens with zero attached hydrogens (tertiary/aromatic N) is 1. The fraction of sp³-hybridized carbons (Fsp3) is 0.733. The average molecular weight is 332 g/mol. The van der Waals surface area contributed by atoms with Crippen LogP contribution in [0.2, 0.25) is 0 Å². The van der Waals surface area contributed by atoms with Crippen molar-refractivity contribution in [3.63, 3.8) is 0 Å². The third-order valence-electron chi connectivity index (χ3n) is 3.05. The van der Waals surface area contributed by atoms with Crippen LogP contribution in [0.15, 0.2) is 15.9 Å². The third kappa shape index (κ3) is 6.91. The second kappa shape index (κ2) is 8.34. The molecular weight excluding hydrogens is 306 g/mol. The molecule has 0 N–H and O–H groups in total. The van der Waals surface area contributed by atoms with Crippen molar-refractivity contribution in [1.29, 1.82) is 0 Å². The Morgan fingerprint density at radius 3 is 2.00 bits per heavy atom. The highest BCUT2D eigenvalue weighted by Crippen LogP contribution is 2.23. The lowest BCUT2D eigenvalue weighted by atomic mass is 10.1. The van der Waals surface area contributed by atoms with Crippen LogP contribution in [0.3, 0.4) is 0 Å². The predicted octanol–water partition coefficient (Wildman–Crippen LogP) is 5.40. The van der Waals surface area contributed by atoms with Crippen LogP contribution in [-0.4, -0.2) is 18.0 Å². The molecule has 0 aliphatic rings. The number of hydrogen-bond acceptors (Lipinski definition) is 2. The molecule has 0 aromatic carbocycles. The van der Waals surface area contributed by atoms with Crippen molar-refractivity contribution >= 4 is 27.3 Å². The van der Waals surface area contributed by atoms with Gasteiger partial charge in [-0.05, 0) is 65.8 Å². The smallest absolute Gasteiger partial charge is 0.0701 e. The van der Waals surface area contributed by atoms with E-state index in [0.29, 0.717) is 0 Å². The quantitative estimate of drug-likeness (QED) is 0.616. The van der Waals surface area contributed by atoms with E-state index in [9.17, 15) is 0 Å². The van der Waals surface area contributed by atoms with Crippen molar-refractivity contribution in [2.75, 3.05) is 13.1 Å². The van der Waals surface area contributed by atoms with Gasteiger partial charge in [0.1, 0.15) is 0 Å². The first-order chi connectivity index (χ1) is 8.47. The van der Waals surface area contributed by atoms with Crippen molar-refractivity contribution in [2.24, 2.45) is 11.8 Å². The monoisotopic (exact) mass is 331 g/mol. The van der Waals surface area contributed by atoms with Gasteiger partial charge < -0.3 is 0 Å². The van der Waals surface area contributed by atoms with E-state index in [1.165, 1.54) is 34.6 Å². The van der Waals surface area contributed by atoms with Crippen LogP contribution in [0.5, 0.6) is 0 Å². The van der Waals surface area contributed by atoms with E-state index < -0.39 is 0 Å². The first kappa shape index (κ1) is 16.2. The Kier molecular flexibility index (Phi) is 7.50. The number of thiophene rings is 1. The number of hydrogen-bond donors (Lipinski definition) is 0. The largest absolute Gasteiger partial charge is 0.298 e. The molecule has 1 aromatic rings. The van der Waals surface area contributed by atoms with Gasteiger partial charge >= 0.3 is 0 Å². The van der Waals surface area contributed by atoms with E-state index in [2.05, 4.69) is 60.7 Å². The van der Waals surface area contributed by atoms with Crippen LogP contribution in [0.1, 0.15) is 45.4 Å². The van der Waals surface area contributed by atoms with Gasteiger partial charge in [-0.1, -0.05) is 27.7 Å². The lowest BCUT2D eigenvalue weighted by molar-refractivity contribution is 0.237. The van der Waals surface area contributed by atoms with Crippen LogP contribution >= 0.6 is 27.3 Å². The van der Waals surface area contributed by atoms with E-state index in [1.807, 2.05) is 11.3 Å². The van der Waals surface area contributed by atoms with Crippen molar-refractivity contribution < 1.29 is 0 Å². The maximum Gasteiger partial charge on any atom is 0.0701 e. The summed E-state index contributed by atoms with van der Waals surface area (Å²) in [7, 11) is 0. The van der Waals surface area contributed by atoms with Gasteiger partial charge in [0.2, 0.25) is 0 Å². The summed E-state index contributed by atoms with van der Waals surface area (Å²) in [5.74, 6) is 1.59. The van der Waals surface area contributed by atoms with Gasteiger partial charge in [0.05, 0.1) is 3.79 Å². The molecule has 0 fully saturated rings. The number of halogens is 1. The summed E-state index contributed by atoms with van der Waals surface area (Å²) in [5, 5.41) is 0. The van der Waals surface area contributed by atoms with Crippen molar-refractivity contribution in [3.05, 3.63) is 20.8 Å². The Morgan fingerprint density at radius 1 is 1.06 bits per heavy atom. The van der Waals surface area contributed by atoms with Crippen molar-refractivity contribution in [3.8, 4) is 0 Å². The molecule has 0 bridgehead atoms. The molecule has 104 valence electrons. The molecule has 0 atom stereocenters. The molecule has 1 heterocycles. The minimum absolute atomic E-state index is 0.793. The molecule has 0 saturated carbocycles. The maximum absolute atomic E-state index is 3.55. The van der Waals surface area contributed by atoms with Crippen molar-refractivity contribution in [2.45, 2.75) is 47.1 Å². The van der Waals surface area contributed by atoms with Gasteiger partial charge in [0.25, 0.3) is 0 Å². The maximum atomic E-state index is 3.55. The Labute approximate surface area is 125 Å². The predicted molar refractivity (Wildman–Crippen MR) is 86.2 cm³/mol. The highest BCUT2D eigenvalue weighted by Gasteiger charge is 2.09. The molecule has 0 aliphatic heterocycles. The Bertz CT molecular complexity index is 321. The summed E-state index contributed by atoms with van der Waals surface area (Å²) in [5.41, 5.74) is 0. The average Bonchev–Trinajstić information content (AvgIpc) is 2.67. The molecule has 1 rings (SSSR count). The first-order valence-electron chi connectivity index (χ1n) is 6.94. The summed E-state index contributed by atoms with van der Waals surface area (Å²) in [6, 6.07) is 4.40. The fourth-order valence-corrected chi connectivity index (χ4v) is 3.33. The lowest BCUT2D eigenvalue weighted by Crippen LogP contribution is -2.27. The second-order valence-corrected chi connectivity index (χ2v) is 8.39. The molecule has 0 spiro atoms. The van der Waals surface area contributed by atoms with Gasteiger partial charge in [-0.15, -0.1) is 11.3 Å². The summed E-state index contributed by atoms with van der Waals surface area (Å²) >= 11 is 5.41. The lowest BCUT2D eigenvalue weighted by Gasteiger charge is -2.23. The number of rotatable bonds is 8. The molecule has 0 amide bonds. The van der Waals surface area contributed by atoms with Gasteiger partial charge in [-0.25, -0.2) is 0 Å². The Morgan fingerprint density at radius 2 is 1.61 bits per heavy atom. The minimum Gasteiger partial charge on any atom is -0.298 e. The van der Waals surface area contributed by atoms with Crippen LogP contribution in [0.25, 0.3) is 0 Å². The molecule has 0 unspecified atom stereocenters. The SMILES string of the molecule is CC(C)CCN(CCC(C)C)Cc1ccc(Br)s1. The Balaban J connectivity index is 2.47. The molecule has 0 saturated heterocycles. The fourth-order valence-electron chi connectivity index (χ4n) is 1.81. The van der Waals surface area contributed by atoms with E-state index in [0.717, 1.165) is 18.4 Å². The van der Waals surface area contributed by atoms with E-state index in [1.54, 1.807) is 0 Å². The van der Waals surface area contributed by atoms with Crippen LogP contribution in [-0.2, 0) is 6.54 Å². The summed E-state index contributed by atoms with van der Waals surface area (Å²) in [4.78, 5) is 4.08. The minimum atomic E-state index is 0.793. The Hall–Kier alpha value is 0.140. The second-order valence-electron chi connectivity index (χ2n) is 5.85. The molecule has 0 aliphatic carbocycles. The summed E-state index contributed by atoms with van der Waals surface area (Å²) < 4.78 is 1.24. The summed E-state index contributed by atoms with van der Waals surface area (Å²) in [6.45, 7) is 12.8. The standard InChI is InChI=1S/C15H26BrNS/c1-12(2)7-9-17(10-8-13(3)4)11-14-5-6-15(16)18-14/h5-6,12-13H,7-11H2,1-4H3. The van der Waals surface area contributed by atoms with E-state index >= 15 is 0 Å². The molecule has 18 heavy (non-hydrogen) atoms. The van der Waals surface area contributed by atoms with Crippen molar-refractivity contribution in [1.82, 2.24) is 4.90 Å². The van der Waals surface area contributed by atoms with E-state index in [-0.39, 0.29) is 0 Å². The zero-order valence-electron chi connectivity index (χ0n) is 12.1.